The van der Waals surface area contributed by atoms with E-state index in [1.165, 1.54) is 25.1 Å². The zero-order valence-corrected chi connectivity index (χ0v) is 13.3. The minimum Gasteiger partial charge on any atom is -0.471 e. The van der Waals surface area contributed by atoms with Crippen LogP contribution in [-0.4, -0.2) is 28.6 Å². The molecule has 0 radical (unpaired) electrons. The highest BCUT2D eigenvalue weighted by Gasteiger charge is 2.31. The van der Waals surface area contributed by atoms with Gasteiger partial charge in [-0.25, -0.2) is 13.8 Å². The molecule has 0 fully saturated rings. The maximum atomic E-state index is 14.3. The van der Waals surface area contributed by atoms with Gasteiger partial charge in [0.25, 0.3) is 0 Å². The third-order valence-electron chi connectivity index (χ3n) is 4.27. The van der Waals surface area contributed by atoms with Crippen LogP contribution in [0.3, 0.4) is 0 Å². The number of aliphatic hydroxyl groups excluding tert-OH is 1. The molecule has 2 atom stereocenters. The Kier molecular flexibility index (Phi) is 4.32. The second kappa shape index (κ2) is 6.28. The Hall–Kier alpha value is -2.34. The van der Waals surface area contributed by atoms with Gasteiger partial charge in [-0.3, -0.25) is 4.79 Å². The molecule has 1 aromatic carbocycles. The number of Topliss-reactive ketones (excluding diaryl/α,β-unsaturated/α-hetero) is 1. The lowest BCUT2D eigenvalue weighted by molar-refractivity contribution is 0.0561. The van der Waals surface area contributed by atoms with E-state index >= 15 is 0 Å². The molecule has 0 saturated carbocycles. The molecule has 2 heterocycles. The number of aliphatic hydroxyl groups is 1. The Morgan fingerprint density at radius 3 is 2.71 bits per heavy atom. The molecule has 1 aromatic heterocycles. The van der Waals surface area contributed by atoms with Crippen molar-refractivity contribution in [3.05, 3.63) is 47.2 Å². The van der Waals surface area contributed by atoms with Crippen LogP contribution >= 0.6 is 0 Å². The third kappa shape index (κ3) is 2.89. The van der Waals surface area contributed by atoms with Gasteiger partial charge in [0.05, 0.1) is 6.61 Å². The molecule has 0 bridgehead atoms. The van der Waals surface area contributed by atoms with E-state index in [4.69, 9.17) is 4.74 Å². The lowest BCUT2D eigenvalue weighted by atomic mass is 9.88. The number of nitrogens with zero attached hydrogens (tertiary/aromatic N) is 1. The summed E-state index contributed by atoms with van der Waals surface area (Å²) in [7, 11) is 0. The molecular weight excluding hydrogens is 316 g/mol. The quantitative estimate of drug-likeness (QED) is 0.877. The van der Waals surface area contributed by atoms with Crippen LogP contribution in [0.25, 0.3) is 11.1 Å². The molecule has 0 saturated heterocycles. The standard InChI is InChI=1S/C18H17F2NO3/c1-9-5-14-13(12-4-3-11(19)6-15(12)20)7-16(10(2)23)21-18(14)24-17(9)8-22/h3-4,6-7,9,17,22H,5,8H2,1-2H3/t9-,17+/m1/s1. The Bertz CT molecular complexity index is 807. The van der Waals surface area contributed by atoms with Crippen molar-refractivity contribution in [1.29, 1.82) is 0 Å². The average Bonchev–Trinajstić information content (AvgIpc) is 2.53. The monoisotopic (exact) mass is 333 g/mol. The first-order valence-corrected chi connectivity index (χ1v) is 7.68. The van der Waals surface area contributed by atoms with Crippen LogP contribution in [-0.2, 0) is 6.42 Å². The molecule has 0 amide bonds. The number of rotatable bonds is 3. The zero-order valence-electron chi connectivity index (χ0n) is 13.3. The Labute approximate surface area is 138 Å². The van der Waals surface area contributed by atoms with Crippen molar-refractivity contribution in [2.45, 2.75) is 26.4 Å². The lowest BCUT2D eigenvalue weighted by Crippen LogP contribution is -2.35. The van der Waals surface area contributed by atoms with Crippen LogP contribution in [0, 0.1) is 17.6 Å². The fourth-order valence-electron chi connectivity index (χ4n) is 2.90. The number of carbonyl (C=O) groups is 1. The smallest absolute Gasteiger partial charge is 0.218 e. The summed E-state index contributed by atoms with van der Waals surface area (Å²) in [4.78, 5) is 15.9. The predicted molar refractivity (Wildman–Crippen MR) is 84.0 cm³/mol. The number of carbonyl (C=O) groups excluding carboxylic acids is 1. The fraction of sp³-hybridized carbons (Fsp3) is 0.333. The van der Waals surface area contributed by atoms with Gasteiger partial charge in [-0.1, -0.05) is 6.92 Å². The average molecular weight is 333 g/mol. The van der Waals surface area contributed by atoms with Crippen LogP contribution in [0.4, 0.5) is 8.78 Å². The van der Waals surface area contributed by atoms with Crippen molar-refractivity contribution in [2.24, 2.45) is 5.92 Å². The molecule has 126 valence electrons. The van der Waals surface area contributed by atoms with Crippen molar-refractivity contribution >= 4 is 5.78 Å². The van der Waals surface area contributed by atoms with E-state index in [1.807, 2.05) is 6.92 Å². The summed E-state index contributed by atoms with van der Waals surface area (Å²) < 4.78 is 33.2. The van der Waals surface area contributed by atoms with Crippen LogP contribution in [0.5, 0.6) is 5.88 Å². The van der Waals surface area contributed by atoms with Crippen molar-refractivity contribution < 1.29 is 23.4 Å². The highest BCUT2D eigenvalue weighted by atomic mass is 19.1. The van der Waals surface area contributed by atoms with E-state index in [1.54, 1.807) is 0 Å². The van der Waals surface area contributed by atoms with Gasteiger partial charge < -0.3 is 9.84 Å². The molecular formula is C18H17F2NO3. The number of pyridine rings is 1. The maximum absolute atomic E-state index is 14.3. The highest BCUT2D eigenvalue weighted by Crippen LogP contribution is 2.38. The van der Waals surface area contributed by atoms with E-state index in [-0.39, 0.29) is 35.4 Å². The number of ketones is 1. The van der Waals surface area contributed by atoms with Crippen molar-refractivity contribution in [2.75, 3.05) is 6.61 Å². The van der Waals surface area contributed by atoms with E-state index in [0.29, 0.717) is 17.5 Å². The summed E-state index contributed by atoms with van der Waals surface area (Å²) in [5.41, 5.74) is 1.45. The molecule has 4 nitrogen and oxygen atoms in total. The minimum atomic E-state index is -0.713. The molecule has 1 N–H and O–H groups in total. The first-order valence-electron chi connectivity index (χ1n) is 7.68. The normalized spacial score (nSPS) is 19.5. The summed E-state index contributed by atoms with van der Waals surface area (Å²) in [6.07, 6.45) is 0.0795. The van der Waals surface area contributed by atoms with E-state index in [9.17, 15) is 18.7 Å². The van der Waals surface area contributed by atoms with E-state index < -0.39 is 17.7 Å². The lowest BCUT2D eigenvalue weighted by Gasteiger charge is -2.31. The van der Waals surface area contributed by atoms with Gasteiger partial charge in [0.1, 0.15) is 23.4 Å². The highest BCUT2D eigenvalue weighted by molar-refractivity contribution is 5.94. The largest absolute Gasteiger partial charge is 0.471 e. The number of ether oxygens (including phenoxy) is 1. The first kappa shape index (κ1) is 16.5. The molecule has 3 rings (SSSR count). The molecule has 6 heteroatoms. The van der Waals surface area contributed by atoms with Gasteiger partial charge in [-0.2, -0.15) is 0 Å². The number of hydrogen-bond donors (Lipinski definition) is 1. The summed E-state index contributed by atoms with van der Waals surface area (Å²) in [5, 5.41) is 9.41. The fourth-order valence-corrected chi connectivity index (χ4v) is 2.90. The summed E-state index contributed by atoms with van der Waals surface area (Å²) in [6.45, 7) is 3.09. The second-order valence-corrected chi connectivity index (χ2v) is 6.04. The molecule has 0 unspecified atom stereocenters. The number of fused-ring (bicyclic) bond motifs is 1. The third-order valence-corrected chi connectivity index (χ3v) is 4.27. The summed E-state index contributed by atoms with van der Waals surface area (Å²) >= 11 is 0. The van der Waals surface area contributed by atoms with E-state index in [0.717, 1.165) is 6.07 Å². The Balaban J connectivity index is 2.21. The molecule has 24 heavy (non-hydrogen) atoms. The molecule has 0 spiro atoms. The predicted octanol–water partition coefficient (Wildman–Crippen LogP) is 3.16. The van der Waals surface area contributed by atoms with Crippen molar-refractivity contribution in [3.63, 3.8) is 0 Å². The number of benzene rings is 1. The van der Waals surface area contributed by atoms with Crippen LogP contribution in [0.2, 0.25) is 0 Å². The van der Waals surface area contributed by atoms with Gasteiger partial charge in [-0.15, -0.1) is 0 Å². The number of hydrogen-bond acceptors (Lipinski definition) is 4. The molecule has 1 aliphatic heterocycles. The minimum absolute atomic E-state index is 0.00487. The van der Waals surface area contributed by atoms with Crippen LogP contribution < -0.4 is 4.74 Å². The zero-order chi connectivity index (χ0) is 17.4. The number of halogens is 2. The number of aromatic nitrogens is 1. The summed E-state index contributed by atoms with van der Waals surface area (Å²) in [5.74, 6) is -1.46. The SMILES string of the molecule is CC(=O)c1cc(-c2ccc(F)cc2F)c2c(n1)O[C@@H](CO)[C@H](C)C2. The second-order valence-electron chi connectivity index (χ2n) is 6.04. The van der Waals surface area contributed by atoms with Crippen molar-refractivity contribution in [1.82, 2.24) is 4.98 Å². The molecule has 1 aliphatic rings. The maximum Gasteiger partial charge on any atom is 0.218 e. The molecule has 0 aliphatic carbocycles. The van der Waals surface area contributed by atoms with Crippen LogP contribution in [0.15, 0.2) is 24.3 Å². The Morgan fingerprint density at radius 1 is 1.33 bits per heavy atom. The van der Waals surface area contributed by atoms with Gasteiger partial charge in [0.15, 0.2) is 5.78 Å². The summed E-state index contributed by atoms with van der Waals surface area (Å²) in [6, 6.07) is 4.82. The van der Waals surface area contributed by atoms with Gasteiger partial charge >= 0.3 is 0 Å². The Morgan fingerprint density at radius 2 is 2.08 bits per heavy atom. The van der Waals surface area contributed by atoms with Crippen molar-refractivity contribution in [3.8, 4) is 17.0 Å². The van der Waals surface area contributed by atoms with Gasteiger partial charge in [-0.05, 0) is 36.1 Å². The van der Waals surface area contributed by atoms with E-state index in [2.05, 4.69) is 4.98 Å². The van der Waals surface area contributed by atoms with Gasteiger partial charge in [0.2, 0.25) is 5.88 Å². The van der Waals surface area contributed by atoms with Crippen LogP contribution in [0.1, 0.15) is 29.9 Å². The molecule has 2 aromatic rings. The first-order chi connectivity index (χ1) is 11.4. The topological polar surface area (TPSA) is 59.4 Å². The van der Waals surface area contributed by atoms with Gasteiger partial charge in [0, 0.05) is 24.1 Å².